The molecule has 4 rings (SSSR count). The van der Waals surface area contributed by atoms with Gasteiger partial charge in [0.2, 0.25) is 0 Å². The SMILES string of the molecule is CC1CCN(c2ccc(NC(=O)c3cccc(OCc4ccccc4C#N)c3)cc2)C1. The lowest BCUT2D eigenvalue weighted by molar-refractivity contribution is 0.102. The van der Waals surface area contributed by atoms with Crippen molar-refractivity contribution in [1.82, 2.24) is 0 Å². The third-order valence-corrected chi connectivity index (χ3v) is 5.54. The zero-order valence-corrected chi connectivity index (χ0v) is 17.5. The van der Waals surface area contributed by atoms with Crippen LogP contribution in [-0.2, 0) is 6.61 Å². The number of nitrogens with zero attached hydrogens (tertiary/aromatic N) is 2. The van der Waals surface area contributed by atoms with Crippen LogP contribution in [-0.4, -0.2) is 19.0 Å². The Labute approximate surface area is 182 Å². The molecule has 1 heterocycles. The van der Waals surface area contributed by atoms with Crippen LogP contribution in [0.2, 0.25) is 0 Å². The summed E-state index contributed by atoms with van der Waals surface area (Å²) in [6.45, 7) is 4.70. The number of hydrogen-bond acceptors (Lipinski definition) is 4. The van der Waals surface area contributed by atoms with Crippen LogP contribution >= 0.6 is 0 Å². The van der Waals surface area contributed by atoms with Crippen molar-refractivity contribution in [3.05, 3.63) is 89.5 Å². The third-order valence-electron chi connectivity index (χ3n) is 5.54. The molecule has 1 unspecified atom stereocenters. The number of amides is 1. The van der Waals surface area contributed by atoms with Crippen molar-refractivity contribution in [3.63, 3.8) is 0 Å². The van der Waals surface area contributed by atoms with Gasteiger partial charge in [-0.15, -0.1) is 0 Å². The largest absolute Gasteiger partial charge is 0.489 e. The van der Waals surface area contributed by atoms with Gasteiger partial charge in [-0.1, -0.05) is 31.2 Å². The van der Waals surface area contributed by atoms with E-state index in [-0.39, 0.29) is 12.5 Å². The van der Waals surface area contributed by atoms with E-state index in [1.54, 1.807) is 30.3 Å². The lowest BCUT2D eigenvalue weighted by Crippen LogP contribution is -2.19. The molecule has 156 valence electrons. The third kappa shape index (κ3) is 5.04. The maximum absolute atomic E-state index is 12.7. The first-order valence-electron chi connectivity index (χ1n) is 10.5. The highest BCUT2D eigenvalue weighted by Crippen LogP contribution is 2.25. The molecule has 0 radical (unpaired) electrons. The number of hydrogen-bond donors (Lipinski definition) is 1. The highest BCUT2D eigenvalue weighted by molar-refractivity contribution is 6.04. The van der Waals surface area contributed by atoms with Gasteiger partial charge >= 0.3 is 0 Å². The fourth-order valence-corrected chi connectivity index (χ4v) is 3.77. The highest BCUT2D eigenvalue weighted by atomic mass is 16.5. The average Bonchev–Trinajstić information content (AvgIpc) is 3.25. The van der Waals surface area contributed by atoms with E-state index in [1.807, 2.05) is 30.3 Å². The van der Waals surface area contributed by atoms with E-state index in [1.165, 1.54) is 12.1 Å². The minimum atomic E-state index is -0.189. The fourth-order valence-electron chi connectivity index (χ4n) is 3.77. The molecule has 0 bridgehead atoms. The molecular formula is C26H25N3O2. The number of nitrogens with one attached hydrogen (secondary N) is 1. The Bertz CT molecular complexity index is 1100. The Morgan fingerprint density at radius 2 is 1.94 bits per heavy atom. The van der Waals surface area contributed by atoms with E-state index in [2.05, 4.69) is 35.3 Å². The summed E-state index contributed by atoms with van der Waals surface area (Å²) in [7, 11) is 0. The second kappa shape index (κ2) is 9.36. The molecule has 3 aromatic carbocycles. The Kier molecular flexibility index (Phi) is 6.18. The van der Waals surface area contributed by atoms with Gasteiger partial charge in [-0.25, -0.2) is 0 Å². The molecule has 31 heavy (non-hydrogen) atoms. The van der Waals surface area contributed by atoms with Crippen molar-refractivity contribution in [2.75, 3.05) is 23.3 Å². The van der Waals surface area contributed by atoms with E-state index in [4.69, 9.17) is 4.74 Å². The monoisotopic (exact) mass is 411 g/mol. The maximum atomic E-state index is 12.7. The van der Waals surface area contributed by atoms with Crippen LogP contribution in [0.25, 0.3) is 0 Å². The maximum Gasteiger partial charge on any atom is 0.255 e. The molecule has 5 nitrogen and oxygen atoms in total. The topological polar surface area (TPSA) is 65.4 Å². The molecular weight excluding hydrogens is 386 g/mol. The fraction of sp³-hybridized carbons (Fsp3) is 0.231. The lowest BCUT2D eigenvalue weighted by atomic mass is 10.1. The number of carbonyl (C=O) groups is 1. The van der Waals surface area contributed by atoms with E-state index in [9.17, 15) is 10.1 Å². The van der Waals surface area contributed by atoms with E-state index in [0.29, 0.717) is 16.9 Å². The van der Waals surface area contributed by atoms with Crippen LogP contribution in [0.1, 0.15) is 34.8 Å². The van der Waals surface area contributed by atoms with E-state index >= 15 is 0 Å². The first-order chi connectivity index (χ1) is 15.1. The molecule has 1 saturated heterocycles. The van der Waals surface area contributed by atoms with Crippen LogP contribution in [0.4, 0.5) is 11.4 Å². The van der Waals surface area contributed by atoms with Crippen LogP contribution < -0.4 is 15.0 Å². The molecule has 0 spiro atoms. The normalized spacial score (nSPS) is 15.4. The second-order valence-corrected chi connectivity index (χ2v) is 7.93. The summed E-state index contributed by atoms with van der Waals surface area (Å²) in [5.74, 6) is 1.12. The van der Waals surface area contributed by atoms with Crippen molar-refractivity contribution in [2.24, 2.45) is 5.92 Å². The average molecular weight is 412 g/mol. The van der Waals surface area contributed by atoms with Gasteiger partial charge in [0.1, 0.15) is 12.4 Å². The minimum Gasteiger partial charge on any atom is -0.489 e. The number of ether oxygens (including phenoxy) is 1. The second-order valence-electron chi connectivity index (χ2n) is 7.93. The summed E-state index contributed by atoms with van der Waals surface area (Å²) in [5.41, 5.74) is 3.87. The number of anilines is 2. The van der Waals surface area contributed by atoms with Crippen LogP contribution in [0.3, 0.4) is 0 Å². The van der Waals surface area contributed by atoms with Gasteiger partial charge in [-0.05, 0) is 60.9 Å². The predicted molar refractivity (Wildman–Crippen MR) is 122 cm³/mol. The summed E-state index contributed by atoms with van der Waals surface area (Å²) < 4.78 is 5.82. The lowest BCUT2D eigenvalue weighted by Gasteiger charge is -2.18. The van der Waals surface area contributed by atoms with Gasteiger partial charge in [-0.2, -0.15) is 5.26 Å². The summed E-state index contributed by atoms with van der Waals surface area (Å²) in [6.07, 6.45) is 1.22. The summed E-state index contributed by atoms with van der Waals surface area (Å²) >= 11 is 0. The van der Waals surface area contributed by atoms with Crippen molar-refractivity contribution in [1.29, 1.82) is 5.26 Å². The van der Waals surface area contributed by atoms with Crippen LogP contribution in [0.5, 0.6) is 5.75 Å². The Hall–Kier alpha value is -3.78. The minimum absolute atomic E-state index is 0.189. The smallest absolute Gasteiger partial charge is 0.255 e. The van der Waals surface area contributed by atoms with Crippen LogP contribution in [0.15, 0.2) is 72.8 Å². The van der Waals surface area contributed by atoms with E-state index < -0.39 is 0 Å². The van der Waals surface area contributed by atoms with Gasteiger partial charge in [0.05, 0.1) is 11.6 Å². The zero-order chi connectivity index (χ0) is 21.6. The van der Waals surface area contributed by atoms with E-state index in [0.717, 1.165) is 30.3 Å². The summed E-state index contributed by atoms with van der Waals surface area (Å²) in [4.78, 5) is 15.1. The molecule has 3 aromatic rings. The molecule has 0 saturated carbocycles. The molecule has 1 aliphatic rings. The number of nitriles is 1. The van der Waals surface area contributed by atoms with Gasteiger partial charge in [-0.3, -0.25) is 4.79 Å². The Morgan fingerprint density at radius 3 is 2.68 bits per heavy atom. The predicted octanol–water partition coefficient (Wildman–Crippen LogP) is 5.24. The quantitative estimate of drug-likeness (QED) is 0.603. The zero-order valence-electron chi connectivity index (χ0n) is 17.5. The summed E-state index contributed by atoms with van der Waals surface area (Å²) in [5, 5.41) is 12.1. The number of carbonyl (C=O) groups excluding carboxylic acids is 1. The first-order valence-corrected chi connectivity index (χ1v) is 10.5. The van der Waals surface area contributed by atoms with Gasteiger partial charge in [0.25, 0.3) is 5.91 Å². The first kappa shape index (κ1) is 20.5. The van der Waals surface area contributed by atoms with Gasteiger partial charge < -0.3 is 15.0 Å². The summed E-state index contributed by atoms with van der Waals surface area (Å²) in [6, 6.07) is 24.5. The molecule has 1 N–H and O–H groups in total. The molecule has 1 aliphatic heterocycles. The molecule has 5 heteroatoms. The van der Waals surface area contributed by atoms with Crippen molar-refractivity contribution < 1.29 is 9.53 Å². The highest BCUT2D eigenvalue weighted by Gasteiger charge is 2.18. The number of benzene rings is 3. The Morgan fingerprint density at radius 1 is 1.13 bits per heavy atom. The van der Waals surface area contributed by atoms with Crippen molar-refractivity contribution >= 4 is 17.3 Å². The number of rotatable bonds is 6. The van der Waals surface area contributed by atoms with Crippen molar-refractivity contribution in [2.45, 2.75) is 20.0 Å². The van der Waals surface area contributed by atoms with Crippen LogP contribution in [0, 0.1) is 17.2 Å². The molecule has 0 aliphatic carbocycles. The molecule has 1 atom stereocenters. The Balaban J connectivity index is 1.38. The van der Waals surface area contributed by atoms with Gasteiger partial charge in [0, 0.05) is 35.6 Å². The standard InChI is InChI=1S/C26H25N3O2/c1-19-13-14-29(17-19)24-11-9-23(10-12-24)28-26(30)20-7-4-8-25(15-20)31-18-22-6-3-2-5-21(22)16-27/h2-12,15,19H,13-14,17-18H2,1H3,(H,28,30). The van der Waals surface area contributed by atoms with Crippen molar-refractivity contribution in [3.8, 4) is 11.8 Å². The van der Waals surface area contributed by atoms with Gasteiger partial charge in [0.15, 0.2) is 0 Å². The molecule has 1 fully saturated rings. The molecule has 1 amide bonds. The molecule has 0 aromatic heterocycles.